The molecule has 0 aliphatic heterocycles. The first-order valence-corrected chi connectivity index (χ1v) is 9.26. The molecule has 7 nitrogen and oxygen atoms in total. The van der Waals surface area contributed by atoms with Gasteiger partial charge in [-0.2, -0.15) is 0 Å². The summed E-state index contributed by atoms with van der Waals surface area (Å²) in [6.45, 7) is 3.77. The zero-order chi connectivity index (χ0) is 19.3. The second-order valence-electron chi connectivity index (χ2n) is 7.18. The Morgan fingerprint density at radius 3 is 2.93 bits per heavy atom. The lowest BCUT2D eigenvalue weighted by atomic mass is 10.0. The molecule has 140 valence electrons. The SMILES string of the molecule is Cc1ccc2ncc(C(=O)N[C@@H]3CCc4cc(-c5nnc(C)o5)ccc43)n2c1. The van der Waals surface area contributed by atoms with E-state index in [2.05, 4.69) is 26.6 Å². The molecule has 1 amide bonds. The maximum Gasteiger partial charge on any atom is 0.270 e. The van der Waals surface area contributed by atoms with Crippen LogP contribution in [0.1, 0.15) is 45.5 Å². The van der Waals surface area contributed by atoms with Crippen LogP contribution in [0.5, 0.6) is 0 Å². The van der Waals surface area contributed by atoms with Crippen LogP contribution >= 0.6 is 0 Å². The van der Waals surface area contributed by atoms with Crippen molar-refractivity contribution in [3.8, 4) is 11.5 Å². The van der Waals surface area contributed by atoms with E-state index in [4.69, 9.17) is 4.42 Å². The van der Waals surface area contributed by atoms with E-state index in [9.17, 15) is 4.79 Å². The minimum absolute atomic E-state index is 0.0173. The Labute approximate surface area is 161 Å². The fourth-order valence-corrected chi connectivity index (χ4v) is 3.80. The average Bonchev–Trinajstić information content (AvgIpc) is 3.39. The minimum Gasteiger partial charge on any atom is -0.421 e. The van der Waals surface area contributed by atoms with Gasteiger partial charge in [0.1, 0.15) is 11.3 Å². The number of aryl methyl sites for hydroxylation is 3. The van der Waals surface area contributed by atoms with E-state index in [-0.39, 0.29) is 11.9 Å². The van der Waals surface area contributed by atoms with Gasteiger partial charge in [-0.05, 0) is 54.7 Å². The van der Waals surface area contributed by atoms with Gasteiger partial charge < -0.3 is 9.73 Å². The maximum absolute atomic E-state index is 12.9. The van der Waals surface area contributed by atoms with Crippen LogP contribution in [0.2, 0.25) is 0 Å². The first-order chi connectivity index (χ1) is 13.6. The van der Waals surface area contributed by atoms with Gasteiger partial charge in [-0.15, -0.1) is 10.2 Å². The second kappa shape index (κ2) is 6.30. The summed E-state index contributed by atoms with van der Waals surface area (Å²) in [5.74, 6) is 0.949. The quantitative estimate of drug-likeness (QED) is 0.595. The predicted octanol–water partition coefficient (Wildman–Crippen LogP) is 3.42. The van der Waals surface area contributed by atoms with Crippen molar-refractivity contribution in [1.82, 2.24) is 24.9 Å². The molecule has 0 spiro atoms. The predicted molar refractivity (Wildman–Crippen MR) is 103 cm³/mol. The molecule has 28 heavy (non-hydrogen) atoms. The third-order valence-electron chi connectivity index (χ3n) is 5.19. The fourth-order valence-electron chi connectivity index (χ4n) is 3.80. The van der Waals surface area contributed by atoms with Crippen molar-refractivity contribution >= 4 is 11.6 Å². The van der Waals surface area contributed by atoms with Gasteiger partial charge in [0.2, 0.25) is 11.8 Å². The molecule has 3 heterocycles. The summed E-state index contributed by atoms with van der Waals surface area (Å²) >= 11 is 0. The molecule has 0 fully saturated rings. The molecule has 1 atom stereocenters. The number of pyridine rings is 1. The van der Waals surface area contributed by atoms with Gasteiger partial charge in [-0.1, -0.05) is 12.1 Å². The van der Waals surface area contributed by atoms with E-state index in [0.717, 1.165) is 35.2 Å². The van der Waals surface area contributed by atoms with Crippen molar-refractivity contribution in [2.45, 2.75) is 32.7 Å². The van der Waals surface area contributed by atoms with Crippen LogP contribution in [0.25, 0.3) is 17.1 Å². The summed E-state index contributed by atoms with van der Waals surface area (Å²) in [4.78, 5) is 17.2. The van der Waals surface area contributed by atoms with Crippen LogP contribution in [-0.2, 0) is 6.42 Å². The highest BCUT2D eigenvalue weighted by molar-refractivity contribution is 5.93. The summed E-state index contributed by atoms with van der Waals surface area (Å²) in [7, 11) is 0. The van der Waals surface area contributed by atoms with Crippen LogP contribution < -0.4 is 5.32 Å². The first-order valence-electron chi connectivity index (χ1n) is 9.26. The normalized spacial score (nSPS) is 15.7. The Hall–Kier alpha value is -3.48. The molecule has 0 saturated carbocycles. The van der Waals surface area contributed by atoms with Crippen molar-refractivity contribution in [3.05, 3.63) is 71.0 Å². The van der Waals surface area contributed by atoms with E-state index in [1.54, 1.807) is 13.1 Å². The molecule has 3 aromatic heterocycles. The lowest BCUT2D eigenvalue weighted by molar-refractivity contribution is 0.0931. The largest absolute Gasteiger partial charge is 0.421 e. The van der Waals surface area contributed by atoms with E-state index in [1.165, 1.54) is 5.56 Å². The smallest absolute Gasteiger partial charge is 0.270 e. The second-order valence-corrected chi connectivity index (χ2v) is 7.18. The van der Waals surface area contributed by atoms with Crippen molar-refractivity contribution in [2.24, 2.45) is 0 Å². The fraction of sp³-hybridized carbons (Fsp3) is 0.238. The molecular weight excluding hydrogens is 354 g/mol. The summed E-state index contributed by atoms with van der Waals surface area (Å²) in [5.41, 5.74) is 5.64. The van der Waals surface area contributed by atoms with Crippen LogP contribution in [0.3, 0.4) is 0 Å². The Morgan fingerprint density at radius 2 is 2.11 bits per heavy atom. The van der Waals surface area contributed by atoms with Crippen LogP contribution in [0.15, 0.2) is 47.1 Å². The van der Waals surface area contributed by atoms with Gasteiger partial charge in [0.25, 0.3) is 5.91 Å². The average molecular weight is 373 g/mol. The molecule has 7 heteroatoms. The van der Waals surface area contributed by atoms with Crippen LogP contribution in [0.4, 0.5) is 0 Å². The molecule has 1 aliphatic rings. The summed E-state index contributed by atoms with van der Waals surface area (Å²) < 4.78 is 7.35. The topological polar surface area (TPSA) is 85.3 Å². The van der Waals surface area contributed by atoms with Gasteiger partial charge in [-0.3, -0.25) is 9.20 Å². The van der Waals surface area contributed by atoms with Crippen molar-refractivity contribution < 1.29 is 9.21 Å². The van der Waals surface area contributed by atoms with Gasteiger partial charge in [0, 0.05) is 18.7 Å². The molecular formula is C21H19N5O2. The number of amides is 1. The summed E-state index contributed by atoms with van der Waals surface area (Å²) in [6.07, 6.45) is 5.32. The number of fused-ring (bicyclic) bond motifs is 2. The molecule has 0 unspecified atom stereocenters. The number of hydrogen-bond donors (Lipinski definition) is 1. The third-order valence-corrected chi connectivity index (χ3v) is 5.19. The van der Waals surface area contributed by atoms with E-state index < -0.39 is 0 Å². The lowest BCUT2D eigenvalue weighted by Gasteiger charge is -2.14. The third kappa shape index (κ3) is 2.76. The Morgan fingerprint density at radius 1 is 1.21 bits per heavy atom. The highest BCUT2D eigenvalue weighted by Crippen LogP contribution is 2.34. The summed E-state index contributed by atoms with van der Waals surface area (Å²) in [5, 5.41) is 11.1. The molecule has 0 bridgehead atoms. The first kappa shape index (κ1) is 16.7. The van der Waals surface area contributed by atoms with Gasteiger partial charge in [-0.25, -0.2) is 4.98 Å². The van der Waals surface area contributed by atoms with Crippen molar-refractivity contribution in [3.63, 3.8) is 0 Å². The number of nitrogens with one attached hydrogen (secondary N) is 1. The van der Waals surface area contributed by atoms with Crippen LogP contribution in [0, 0.1) is 13.8 Å². The number of carbonyl (C=O) groups is 1. The van der Waals surface area contributed by atoms with E-state index >= 15 is 0 Å². The Balaban J connectivity index is 1.40. The number of rotatable bonds is 3. The lowest BCUT2D eigenvalue weighted by Crippen LogP contribution is -2.28. The van der Waals surface area contributed by atoms with Gasteiger partial charge in [0.15, 0.2) is 0 Å². The van der Waals surface area contributed by atoms with Crippen molar-refractivity contribution in [1.29, 1.82) is 0 Å². The number of carbonyl (C=O) groups excluding carboxylic acids is 1. The minimum atomic E-state index is -0.118. The number of aromatic nitrogens is 4. The zero-order valence-corrected chi connectivity index (χ0v) is 15.6. The molecule has 1 N–H and O–H groups in total. The van der Waals surface area contributed by atoms with Crippen molar-refractivity contribution in [2.75, 3.05) is 0 Å². The Kier molecular flexibility index (Phi) is 3.75. The molecule has 0 radical (unpaired) electrons. The standard InChI is InChI=1S/C21H19N5O2/c1-12-3-8-19-22-10-18(26(19)11-12)20(27)23-17-7-5-14-9-15(4-6-16(14)17)21-25-24-13(2)28-21/h3-4,6,8-11,17H,5,7H2,1-2H3,(H,23,27)/t17-/m1/s1. The Bertz CT molecular complexity index is 1210. The highest BCUT2D eigenvalue weighted by Gasteiger charge is 2.26. The van der Waals surface area contributed by atoms with Gasteiger partial charge in [0.05, 0.1) is 12.2 Å². The van der Waals surface area contributed by atoms with E-state index in [1.807, 2.05) is 41.8 Å². The summed E-state index contributed by atoms with van der Waals surface area (Å²) in [6, 6.07) is 9.97. The molecule has 0 saturated heterocycles. The molecule has 5 rings (SSSR count). The molecule has 4 aromatic rings. The monoisotopic (exact) mass is 373 g/mol. The zero-order valence-electron chi connectivity index (χ0n) is 15.6. The van der Waals surface area contributed by atoms with Crippen LogP contribution in [-0.4, -0.2) is 25.5 Å². The number of benzene rings is 1. The number of imidazole rings is 1. The van der Waals surface area contributed by atoms with E-state index in [0.29, 0.717) is 17.5 Å². The number of nitrogens with zero attached hydrogens (tertiary/aromatic N) is 4. The molecule has 1 aromatic carbocycles. The van der Waals surface area contributed by atoms with Gasteiger partial charge >= 0.3 is 0 Å². The highest BCUT2D eigenvalue weighted by atomic mass is 16.4. The number of hydrogen-bond acceptors (Lipinski definition) is 5. The molecule has 1 aliphatic carbocycles. The maximum atomic E-state index is 12.9.